The highest BCUT2D eigenvalue weighted by Gasteiger charge is 2.95. The van der Waals surface area contributed by atoms with E-state index in [9.17, 15) is 9.59 Å². The monoisotopic (exact) mass is 274 g/mol. The molecule has 0 saturated heterocycles. The molecule has 0 unspecified atom stereocenters. The largest absolute Gasteiger partial charge is 0.468 e. The molecule has 7 saturated carbocycles. The highest BCUT2D eigenvalue weighted by atomic mass is 16.5. The van der Waals surface area contributed by atoms with Gasteiger partial charge in [0.1, 0.15) is 0 Å². The van der Waals surface area contributed by atoms with Gasteiger partial charge in [-0.3, -0.25) is 9.59 Å². The third-order valence-corrected chi connectivity index (χ3v) is 8.50. The van der Waals surface area contributed by atoms with Gasteiger partial charge < -0.3 is 9.47 Å². The van der Waals surface area contributed by atoms with Crippen molar-refractivity contribution in [1.82, 2.24) is 0 Å². The Kier molecular flexibility index (Phi) is 1.42. The van der Waals surface area contributed by atoms with Crippen LogP contribution in [0.3, 0.4) is 0 Å². The topological polar surface area (TPSA) is 52.6 Å². The van der Waals surface area contributed by atoms with Gasteiger partial charge in [0.2, 0.25) is 0 Å². The van der Waals surface area contributed by atoms with E-state index in [0.717, 1.165) is 23.7 Å². The standard InChI is InChI=1S/C16H18O4/c1-19-14(17)16(15(18)20-2)12-8-4-3-5-7-6(4)10(12)11(7)13(16)9(5)8/h4-13H,3H2,1-2H3/t4-,5-,6+,7+,8+,9+,10-,11+,12+,13-/m0/s1. The van der Waals surface area contributed by atoms with Crippen LogP contribution in [-0.4, -0.2) is 26.2 Å². The minimum absolute atomic E-state index is 0.237. The summed E-state index contributed by atoms with van der Waals surface area (Å²) in [6.07, 6.45) is 1.38. The molecule has 10 atom stereocenters. The molecule has 0 aromatic carbocycles. The quantitative estimate of drug-likeness (QED) is 0.556. The van der Waals surface area contributed by atoms with E-state index in [4.69, 9.17) is 9.47 Å². The Balaban J connectivity index is 1.62. The zero-order chi connectivity index (χ0) is 13.5. The van der Waals surface area contributed by atoms with Gasteiger partial charge in [-0.1, -0.05) is 0 Å². The Labute approximate surface area is 117 Å². The van der Waals surface area contributed by atoms with E-state index < -0.39 is 5.41 Å². The zero-order valence-corrected chi connectivity index (χ0v) is 11.6. The average molecular weight is 274 g/mol. The fourth-order valence-electron chi connectivity index (χ4n) is 8.93. The molecule has 0 aliphatic heterocycles. The van der Waals surface area contributed by atoms with Gasteiger partial charge in [-0.25, -0.2) is 0 Å². The fourth-order valence-corrected chi connectivity index (χ4v) is 8.93. The first-order valence-electron chi connectivity index (χ1n) is 7.86. The van der Waals surface area contributed by atoms with Gasteiger partial charge in [-0.15, -0.1) is 0 Å². The molecule has 0 spiro atoms. The molecule has 7 aliphatic rings. The molecular formula is C16H18O4. The maximum Gasteiger partial charge on any atom is 0.323 e. The number of rotatable bonds is 2. The summed E-state index contributed by atoms with van der Waals surface area (Å²) in [5.74, 6) is 5.64. The lowest BCUT2D eigenvalue weighted by Crippen LogP contribution is -2.46. The van der Waals surface area contributed by atoms with Crippen LogP contribution in [0.25, 0.3) is 0 Å². The van der Waals surface area contributed by atoms with E-state index in [-0.39, 0.29) is 23.8 Å². The summed E-state index contributed by atoms with van der Waals surface area (Å²) in [6.45, 7) is 0. The van der Waals surface area contributed by atoms with E-state index in [2.05, 4.69) is 0 Å². The molecule has 4 nitrogen and oxygen atoms in total. The molecule has 0 aromatic heterocycles. The molecule has 0 N–H and O–H groups in total. The normalized spacial score (nSPS) is 63.1. The predicted octanol–water partition coefficient (Wildman–Crippen LogP) is 0.952. The first kappa shape index (κ1) is 10.6. The summed E-state index contributed by atoms with van der Waals surface area (Å²) < 4.78 is 10.2. The first-order chi connectivity index (χ1) is 9.69. The van der Waals surface area contributed by atoms with Crippen LogP contribution in [0.1, 0.15) is 6.42 Å². The summed E-state index contributed by atoms with van der Waals surface area (Å²) >= 11 is 0. The molecule has 7 aliphatic carbocycles. The maximum atomic E-state index is 12.6. The van der Waals surface area contributed by atoms with Crippen molar-refractivity contribution in [2.75, 3.05) is 14.2 Å². The second-order valence-electron chi connectivity index (χ2n) is 7.93. The number of esters is 2. The molecule has 20 heavy (non-hydrogen) atoms. The Hall–Kier alpha value is -1.06. The van der Waals surface area contributed by atoms with Gasteiger partial charge in [0.15, 0.2) is 5.41 Å². The number of methoxy groups -OCH3 is 2. The van der Waals surface area contributed by atoms with Crippen LogP contribution in [0.15, 0.2) is 0 Å². The van der Waals surface area contributed by atoms with Crippen molar-refractivity contribution in [3.8, 4) is 0 Å². The van der Waals surface area contributed by atoms with Gasteiger partial charge in [-0.05, 0) is 65.6 Å². The fraction of sp³-hybridized carbons (Fsp3) is 0.875. The lowest BCUT2D eigenvalue weighted by molar-refractivity contribution is -0.174. The van der Waals surface area contributed by atoms with Gasteiger partial charge in [-0.2, -0.15) is 0 Å². The molecule has 0 radical (unpaired) electrons. The number of hydrogen-bond donors (Lipinski definition) is 0. The van der Waals surface area contributed by atoms with Crippen molar-refractivity contribution < 1.29 is 19.1 Å². The lowest BCUT2D eigenvalue weighted by Gasteiger charge is -2.44. The van der Waals surface area contributed by atoms with Crippen molar-refractivity contribution in [2.24, 2.45) is 64.6 Å². The molecule has 0 amide bonds. The summed E-state index contributed by atoms with van der Waals surface area (Å²) in [7, 11) is 2.84. The van der Waals surface area contributed by atoms with Crippen molar-refractivity contribution in [1.29, 1.82) is 0 Å². The summed E-state index contributed by atoms with van der Waals surface area (Å²) in [4.78, 5) is 25.3. The predicted molar refractivity (Wildman–Crippen MR) is 66.0 cm³/mol. The second kappa shape index (κ2) is 2.67. The number of carbonyl (C=O) groups excluding carboxylic acids is 2. The van der Waals surface area contributed by atoms with Crippen molar-refractivity contribution in [2.45, 2.75) is 6.42 Å². The van der Waals surface area contributed by atoms with Crippen LogP contribution < -0.4 is 0 Å². The van der Waals surface area contributed by atoms with Crippen LogP contribution >= 0.6 is 0 Å². The smallest absolute Gasteiger partial charge is 0.323 e. The summed E-state index contributed by atoms with van der Waals surface area (Å²) in [5.41, 5.74) is -0.939. The molecule has 4 bridgehead atoms. The molecular weight excluding hydrogens is 256 g/mol. The number of hydrogen-bond acceptors (Lipinski definition) is 4. The molecule has 0 aromatic rings. The zero-order valence-electron chi connectivity index (χ0n) is 11.6. The lowest BCUT2D eigenvalue weighted by atomic mass is 9.60. The van der Waals surface area contributed by atoms with E-state index >= 15 is 0 Å². The average Bonchev–Trinajstić information content (AvgIpc) is 3.08. The molecule has 7 fully saturated rings. The summed E-state index contributed by atoms with van der Waals surface area (Å²) in [5, 5.41) is 0. The van der Waals surface area contributed by atoms with Gasteiger partial charge >= 0.3 is 11.9 Å². The number of ether oxygens (including phenoxy) is 2. The minimum atomic E-state index is -0.939. The van der Waals surface area contributed by atoms with Crippen LogP contribution in [0.5, 0.6) is 0 Å². The van der Waals surface area contributed by atoms with Crippen LogP contribution in [0, 0.1) is 64.6 Å². The molecule has 4 heteroatoms. The highest BCUT2D eigenvalue weighted by molar-refractivity contribution is 6.02. The third-order valence-electron chi connectivity index (χ3n) is 8.50. The van der Waals surface area contributed by atoms with Crippen molar-refractivity contribution in [3.63, 3.8) is 0 Å². The van der Waals surface area contributed by atoms with Gasteiger partial charge in [0.05, 0.1) is 14.2 Å². The second-order valence-corrected chi connectivity index (χ2v) is 7.93. The van der Waals surface area contributed by atoms with Crippen molar-refractivity contribution in [3.05, 3.63) is 0 Å². The Morgan fingerprint density at radius 3 is 1.65 bits per heavy atom. The van der Waals surface area contributed by atoms with Gasteiger partial charge in [0, 0.05) is 0 Å². The Bertz CT molecular complexity index is 529. The van der Waals surface area contributed by atoms with E-state index in [1.807, 2.05) is 0 Å². The van der Waals surface area contributed by atoms with Gasteiger partial charge in [0.25, 0.3) is 0 Å². The van der Waals surface area contributed by atoms with Crippen LogP contribution in [0.4, 0.5) is 0 Å². The molecule has 0 heterocycles. The van der Waals surface area contributed by atoms with Crippen LogP contribution in [0.2, 0.25) is 0 Å². The van der Waals surface area contributed by atoms with Crippen molar-refractivity contribution >= 4 is 11.9 Å². The Morgan fingerprint density at radius 1 is 0.800 bits per heavy atom. The molecule has 106 valence electrons. The van der Waals surface area contributed by atoms with E-state index in [1.165, 1.54) is 20.6 Å². The first-order valence-corrected chi connectivity index (χ1v) is 7.86. The van der Waals surface area contributed by atoms with E-state index in [0.29, 0.717) is 23.7 Å². The van der Waals surface area contributed by atoms with E-state index in [1.54, 1.807) is 0 Å². The SMILES string of the molecule is COC(=O)C1(C(=O)OC)[C@@H]2[C@@H]3[C@@H]4[C@@H]5C[C@H]6[C@H]4[C@@H]3[C@H]1[C@H]6[C@@H]52. The number of carbonyl (C=O) groups is 2. The van der Waals surface area contributed by atoms with Crippen LogP contribution in [-0.2, 0) is 19.1 Å². The Morgan fingerprint density at radius 2 is 1.25 bits per heavy atom. The minimum Gasteiger partial charge on any atom is -0.468 e. The highest BCUT2D eigenvalue weighted by Crippen LogP contribution is 2.94. The summed E-state index contributed by atoms with van der Waals surface area (Å²) in [6, 6.07) is 0. The third kappa shape index (κ3) is 0.626. The maximum absolute atomic E-state index is 12.6. The molecule has 7 rings (SSSR count).